The number of aliphatic carboxylic acids is 1. The molecule has 19 heavy (non-hydrogen) atoms. The van der Waals surface area contributed by atoms with Crippen LogP contribution in [0.5, 0.6) is 0 Å². The Morgan fingerprint density at radius 2 is 2.00 bits per heavy atom. The lowest BCUT2D eigenvalue weighted by Crippen LogP contribution is -2.47. The van der Waals surface area contributed by atoms with Gasteiger partial charge in [0.1, 0.15) is 6.61 Å². The Bertz CT molecular complexity index is 346. The summed E-state index contributed by atoms with van der Waals surface area (Å²) >= 11 is 0. The third-order valence-electron chi connectivity index (χ3n) is 4.19. The van der Waals surface area contributed by atoms with Gasteiger partial charge in [-0.3, -0.25) is 9.59 Å². The zero-order valence-corrected chi connectivity index (χ0v) is 11.1. The topological polar surface area (TPSA) is 84.9 Å². The highest BCUT2D eigenvalue weighted by molar-refractivity contribution is 5.79. The predicted octanol–water partition coefficient (Wildman–Crippen LogP) is 0.265. The number of hydrogen-bond donors (Lipinski definition) is 2. The molecule has 2 aliphatic carbocycles. The Morgan fingerprint density at radius 1 is 1.26 bits per heavy atom. The Labute approximate surface area is 112 Å². The molecule has 4 atom stereocenters. The molecule has 6 nitrogen and oxygen atoms in total. The first-order chi connectivity index (χ1) is 9.13. The summed E-state index contributed by atoms with van der Waals surface area (Å²) in [5.41, 5.74) is 0. The van der Waals surface area contributed by atoms with Gasteiger partial charge in [-0.25, -0.2) is 0 Å². The Hall–Kier alpha value is -1.14. The number of methoxy groups -OCH3 is 1. The van der Waals surface area contributed by atoms with Crippen LogP contribution in [-0.4, -0.2) is 50.0 Å². The Kier molecular flexibility index (Phi) is 4.76. The van der Waals surface area contributed by atoms with Crippen LogP contribution in [0, 0.1) is 17.8 Å². The van der Waals surface area contributed by atoms with Gasteiger partial charge in [-0.2, -0.15) is 0 Å². The molecule has 0 aliphatic heterocycles. The summed E-state index contributed by atoms with van der Waals surface area (Å²) in [6.07, 6.45) is 2.91. The van der Waals surface area contributed by atoms with Gasteiger partial charge in [0, 0.05) is 13.2 Å². The third-order valence-corrected chi connectivity index (χ3v) is 4.19. The Morgan fingerprint density at radius 3 is 2.68 bits per heavy atom. The highest BCUT2D eigenvalue weighted by Gasteiger charge is 2.51. The molecule has 0 heterocycles. The summed E-state index contributed by atoms with van der Waals surface area (Å²) in [6.45, 7) is 0.770. The number of ether oxygens (including phenoxy) is 2. The zero-order valence-electron chi connectivity index (χ0n) is 11.1. The van der Waals surface area contributed by atoms with Gasteiger partial charge in [0.2, 0.25) is 5.91 Å². The van der Waals surface area contributed by atoms with Gasteiger partial charge in [-0.15, -0.1) is 0 Å². The number of rotatable bonds is 7. The quantitative estimate of drug-likeness (QED) is 0.649. The second-order valence-electron chi connectivity index (χ2n) is 5.34. The second-order valence-corrected chi connectivity index (χ2v) is 5.34. The van der Waals surface area contributed by atoms with E-state index >= 15 is 0 Å². The van der Waals surface area contributed by atoms with Crippen LogP contribution in [0.25, 0.3) is 0 Å². The summed E-state index contributed by atoms with van der Waals surface area (Å²) in [5.74, 6) is -0.921. The van der Waals surface area contributed by atoms with Crippen molar-refractivity contribution in [2.75, 3.05) is 26.9 Å². The number of fused-ring (bicyclic) bond motifs is 2. The normalized spacial score (nSPS) is 32.5. The molecule has 4 unspecified atom stereocenters. The fraction of sp³-hybridized carbons (Fsp3) is 0.846. The number of hydrogen-bond acceptors (Lipinski definition) is 4. The SMILES string of the molecule is COCCOCC(=O)NC1C2CCC(C2)C1C(=O)O. The van der Waals surface area contributed by atoms with Crippen molar-refractivity contribution in [1.82, 2.24) is 5.32 Å². The van der Waals surface area contributed by atoms with Crippen LogP contribution >= 0.6 is 0 Å². The van der Waals surface area contributed by atoms with Gasteiger partial charge < -0.3 is 19.9 Å². The maximum atomic E-state index is 11.7. The van der Waals surface area contributed by atoms with Gasteiger partial charge in [-0.05, 0) is 31.1 Å². The lowest BCUT2D eigenvalue weighted by atomic mass is 9.84. The maximum Gasteiger partial charge on any atom is 0.308 e. The first kappa shape index (κ1) is 14.3. The first-order valence-electron chi connectivity index (χ1n) is 6.72. The molecule has 1 amide bonds. The van der Waals surface area contributed by atoms with E-state index in [0.29, 0.717) is 19.1 Å². The molecule has 0 spiro atoms. The fourth-order valence-electron chi connectivity index (χ4n) is 3.39. The van der Waals surface area contributed by atoms with Gasteiger partial charge in [0.15, 0.2) is 0 Å². The van der Waals surface area contributed by atoms with E-state index in [4.69, 9.17) is 9.47 Å². The van der Waals surface area contributed by atoms with Gasteiger partial charge in [0.05, 0.1) is 19.1 Å². The fourth-order valence-corrected chi connectivity index (χ4v) is 3.39. The van der Waals surface area contributed by atoms with E-state index in [1.54, 1.807) is 7.11 Å². The molecule has 0 saturated heterocycles. The number of carbonyl (C=O) groups excluding carboxylic acids is 1. The Balaban J connectivity index is 1.80. The van der Waals surface area contributed by atoms with Crippen LogP contribution in [0.2, 0.25) is 0 Å². The van der Waals surface area contributed by atoms with E-state index in [1.165, 1.54) is 0 Å². The van der Waals surface area contributed by atoms with Crippen molar-refractivity contribution in [3.63, 3.8) is 0 Å². The minimum atomic E-state index is -0.794. The predicted molar refractivity (Wildman–Crippen MR) is 66.6 cm³/mol. The van der Waals surface area contributed by atoms with E-state index in [9.17, 15) is 14.7 Å². The zero-order chi connectivity index (χ0) is 13.8. The number of carbonyl (C=O) groups is 2. The van der Waals surface area contributed by atoms with E-state index in [-0.39, 0.29) is 24.5 Å². The molecule has 0 radical (unpaired) electrons. The van der Waals surface area contributed by atoms with Gasteiger partial charge >= 0.3 is 5.97 Å². The lowest BCUT2D eigenvalue weighted by molar-refractivity contribution is -0.145. The maximum absolute atomic E-state index is 11.7. The highest BCUT2D eigenvalue weighted by atomic mass is 16.5. The molecule has 2 bridgehead atoms. The van der Waals surface area contributed by atoms with Crippen molar-refractivity contribution in [1.29, 1.82) is 0 Å². The van der Waals surface area contributed by atoms with Crippen LogP contribution in [0.4, 0.5) is 0 Å². The molecule has 0 aromatic carbocycles. The number of carboxylic acid groups (broad SMARTS) is 1. The third kappa shape index (κ3) is 3.25. The molecule has 2 aliphatic rings. The number of carboxylic acids is 1. The second kappa shape index (κ2) is 6.34. The summed E-state index contributed by atoms with van der Waals surface area (Å²) in [5, 5.41) is 12.1. The van der Waals surface area contributed by atoms with Crippen LogP contribution in [0.1, 0.15) is 19.3 Å². The smallest absolute Gasteiger partial charge is 0.308 e. The standard InChI is InChI=1S/C13H21NO5/c1-18-4-5-19-7-10(15)14-12-9-3-2-8(6-9)11(12)13(16)17/h8-9,11-12H,2-7H2,1H3,(H,14,15)(H,16,17). The molecule has 2 rings (SSSR count). The summed E-state index contributed by atoms with van der Waals surface area (Å²) in [7, 11) is 1.57. The number of amides is 1. The van der Waals surface area contributed by atoms with Crippen molar-refractivity contribution in [3.05, 3.63) is 0 Å². The highest BCUT2D eigenvalue weighted by Crippen LogP contribution is 2.48. The molecule has 6 heteroatoms. The summed E-state index contributed by atoms with van der Waals surface area (Å²) in [4.78, 5) is 23.0. The molecular weight excluding hydrogens is 250 g/mol. The molecule has 2 N–H and O–H groups in total. The van der Waals surface area contributed by atoms with Gasteiger partial charge in [-0.1, -0.05) is 0 Å². The number of nitrogens with one attached hydrogen (secondary N) is 1. The molecule has 2 fully saturated rings. The van der Waals surface area contributed by atoms with Crippen molar-refractivity contribution < 1.29 is 24.2 Å². The van der Waals surface area contributed by atoms with Gasteiger partial charge in [0.25, 0.3) is 0 Å². The van der Waals surface area contributed by atoms with Crippen molar-refractivity contribution in [2.24, 2.45) is 17.8 Å². The lowest BCUT2D eigenvalue weighted by Gasteiger charge is -2.28. The molecular formula is C13H21NO5. The monoisotopic (exact) mass is 271 g/mol. The minimum absolute atomic E-state index is 0.0381. The molecule has 2 saturated carbocycles. The van der Waals surface area contributed by atoms with Crippen molar-refractivity contribution in [3.8, 4) is 0 Å². The molecule has 0 aromatic rings. The molecule has 0 aromatic heterocycles. The summed E-state index contributed by atoms with van der Waals surface area (Å²) in [6, 6.07) is -0.227. The van der Waals surface area contributed by atoms with E-state index in [2.05, 4.69) is 5.32 Å². The van der Waals surface area contributed by atoms with E-state index in [0.717, 1.165) is 19.3 Å². The van der Waals surface area contributed by atoms with E-state index < -0.39 is 11.9 Å². The largest absolute Gasteiger partial charge is 0.481 e. The summed E-state index contributed by atoms with van der Waals surface area (Å²) < 4.78 is 9.95. The van der Waals surface area contributed by atoms with Crippen LogP contribution in [-0.2, 0) is 19.1 Å². The van der Waals surface area contributed by atoms with E-state index in [1.807, 2.05) is 0 Å². The average molecular weight is 271 g/mol. The van der Waals surface area contributed by atoms with Crippen molar-refractivity contribution >= 4 is 11.9 Å². The van der Waals surface area contributed by atoms with Crippen LogP contribution < -0.4 is 5.32 Å². The molecule has 108 valence electrons. The van der Waals surface area contributed by atoms with Crippen molar-refractivity contribution in [2.45, 2.75) is 25.3 Å². The first-order valence-corrected chi connectivity index (χ1v) is 6.72. The average Bonchev–Trinajstić information content (AvgIpc) is 2.95. The van der Waals surface area contributed by atoms with Crippen LogP contribution in [0.3, 0.4) is 0 Å². The minimum Gasteiger partial charge on any atom is -0.481 e. The van der Waals surface area contributed by atoms with Crippen LogP contribution in [0.15, 0.2) is 0 Å².